The molecule has 0 aliphatic rings. The molecule has 142 valence electrons. The molecular weight excluding hydrogens is 368 g/mol. The van der Waals surface area contributed by atoms with Crippen LogP contribution in [0.2, 0.25) is 0 Å². The van der Waals surface area contributed by atoms with Gasteiger partial charge in [0.05, 0.1) is 24.4 Å². The first-order valence-electron chi connectivity index (χ1n) is 8.22. The number of fused-ring (bicyclic) bond motifs is 1. The van der Waals surface area contributed by atoms with Crippen molar-refractivity contribution >= 4 is 29.8 Å². The Morgan fingerprint density at radius 2 is 1.96 bits per heavy atom. The molecule has 0 fully saturated rings. The summed E-state index contributed by atoms with van der Waals surface area (Å²) in [6.45, 7) is 0.708. The molecule has 0 bridgehead atoms. The third-order valence-corrected chi connectivity index (χ3v) is 4.02. The van der Waals surface area contributed by atoms with Crippen LogP contribution in [-0.4, -0.2) is 49.8 Å². The monoisotopic (exact) mass is 388 g/mol. The molecular formula is C19H20N2O5S. The molecule has 0 saturated carbocycles. The molecule has 2 aromatic heterocycles. The van der Waals surface area contributed by atoms with E-state index in [-0.39, 0.29) is 6.10 Å². The van der Waals surface area contributed by atoms with Gasteiger partial charge >= 0.3 is 0 Å². The lowest BCUT2D eigenvalue weighted by atomic mass is 10.2. The molecule has 0 spiro atoms. The Labute approximate surface area is 162 Å². The van der Waals surface area contributed by atoms with Crippen molar-refractivity contribution in [1.29, 1.82) is 0 Å². The van der Waals surface area contributed by atoms with Gasteiger partial charge in [-0.15, -0.1) is 12.6 Å². The number of rotatable bonds is 9. The summed E-state index contributed by atoms with van der Waals surface area (Å²) in [6, 6.07) is 8.79. The predicted molar refractivity (Wildman–Crippen MR) is 103 cm³/mol. The minimum atomic E-state index is -0.317. The van der Waals surface area contributed by atoms with Crippen LogP contribution in [0.3, 0.4) is 0 Å². The second kappa shape index (κ2) is 8.90. The molecule has 2 heterocycles. The van der Waals surface area contributed by atoms with Crippen molar-refractivity contribution in [2.24, 2.45) is 0 Å². The number of ether oxygens (including phenoxy) is 4. The Morgan fingerprint density at radius 1 is 1.19 bits per heavy atom. The number of aldehydes is 1. The fraction of sp³-hybridized carbons (Fsp3) is 0.263. The number of H-pyrrole nitrogens is 1. The summed E-state index contributed by atoms with van der Waals surface area (Å²) in [5, 5.41) is 0.781. The van der Waals surface area contributed by atoms with Gasteiger partial charge in [-0.3, -0.25) is 4.79 Å². The fourth-order valence-corrected chi connectivity index (χ4v) is 2.78. The summed E-state index contributed by atoms with van der Waals surface area (Å²) in [6.07, 6.45) is 2.03. The number of pyridine rings is 1. The first-order chi connectivity index (χ1) is 13.1. The average Bonchev–Trinajstić information content (AvgIpc) is 3.08. The molecule has 0 aliphatic carbocycles. The maximum Gasteiger partial charge on any atom is 0.219 e. The van der Waals surface area contributed by atoms with Crippen LogP contribution in [0.5, 0.6) is 17.4 Å². The maximum atomic E-state index is 11.2. The van der Waals surface area contributed by atoms with E-state index in [2.05, 4.69) is 22.6 Å². The Bertz CT molecular complexity index is 904. The van der Waals surface area contributed by atoms with E-state index in [1.165, 1.54) is 0 Å². The minimum absolute atomic E-state index is 0.317. The molecule has 27 heavy (non-hydrogen) atoms. The number of carbonyl (C=O) groups excluding carboxylic acids is 1. The Balaban J connectivity index is 1.97. The van der Waals surface area contributed by atoms with Crippen molar-refractivity contribution in [2.45, 2.75) is 11.0 Å². The van der Waals surface area contributed by atoms with Gasteiger partial charge in [0.1, 0.15) is 17.6 Å². The van der Waals surface area contributed by atoms with E-state index >= 15 is 0 Å². The lowest BCUT2D eigenvalue weighted by Gasteiger charge is -2.18. The van der Waals surface area contributed by atoms with Gasteiger partial charge in [0.2, 0.25) is 5.88 Å². The van der Waals surface area contributed by atoms with E-state index in [9.17, 15) is 4.79 Å². The van der Waals surface area contributed by atoms with Crippen molar-refractivity contribution in [3.63, 3.8) is 0 Å². The van der Waals surface area contributed by atoms with Crippen LogP contribution in [0.4, 0.5) is 0 Å². The number of hydrogen-bond acceptors (Lipinski definition) is 7. The van der Waals surface area contributed by atoms with Gasteiger partial charge in [0, 0.05) is 42.8 Å². The summed E-state index contributed by atoms with van der Waals surface area (Å²) in [5.74, 6) is 1.48. The average molecular weight is 388 g/mol. The van der Waals surface area contributed by atoms with Crippen molar-refractivity contribution in [2.75, 3.05) is 27.4 Å². The van der Waals surface area contributed by atoms with E-state index in [0.717, 1.165) is 16.6 Å². The molecule has 0 saturated heterocycles. The molecule has 0 aliphatic heterocycles. The van der Waals surface area contributed by atoms with E-state index in [4.69, 9.17) is 18.9 Å². The molecule has 0 atom stereocenters. The highest BCUT2D eigenvalue weighted by molar-refractivity contribution is 7.80. The molecule has 8 heteroatoms. The molecule has 0 radical (unpaired) electrons. The zero-order valence-corrected chi connectivity index (χ0v) is 15.9. The third kappa shape index (κ3) is 4.79. The summed E-state index contributed by atoms with van der Waals surface area (Å²) in [7, 11) is 3.19. The lowest BCUT2D eigenvalue weighted by Crippen LogP contribution is -2.27. The van der Waals surface area contributed by atoms with Gasteiger partial charge in [-0.05, 0) is 18.2 Å². The smallest absolute Gasteiger partial charge is 0.219 e. The molecule has 0 amide bonds. The van der Waals surface area contributed by atoms with E-state index < -0.39 is 0 Å². The number of thiol groups is 1. The standard InChI is InChI=1S/C19H20N2O5S/c1-23-10-15(11-24-2)25-17-7-14(26-18-4-3-16(27)8-20-18)6-12-5-13(9-22)21-19(12)17/h3-9,15,21,27H,10-11H2,1-2H3. The zero-order chi connectivity index (χ0) is 19.2. The summed E-state index contributed by atoms with van der Waals surface area (Å²) < 4.78 is 22.3. The van der Waals surface area contributed by atoms with Crippen LogP contribution in [0.15, 0.2) is 41.4 Å². The van der Waals surface area contributed by atoms with E-state index in [0.29, 0.717) is 41.8 Å². The van der Waals surface area contributed by atoms with Gasteiger partial charge < -0.3 is 23.9 Å². The molecule has 3 aromatic rings. The Kier molecular flexibility index (Phi) is 6.33. The van der Waals surface area contributed by atoms with Crippen LogP contribution in [-0.2, 0) is 9.47 Å². The highest BCUT2D eigenvalue weighted by Gasteiger charge is 2.16. The minimum Gasteiger partial charge on any atom is -0.483 e. The first kappa shape index (κ1) is 19.2. The SMILES string of the molecule is COCC(COC)Oc1cc(Oc2ccc(S)cn2)cc2cc(C=O)[nH]c12. The van der Waals surface area contributed by atoms with Gasteiger partial charge in [0.15, 0.2) is 6.29 Å². The first-order valence-corrected chi connectivity index (χ1v) is 8.67. The molecule has 0 unspecified atom stereocenters. The third-order valence-electron chi connectivity index (χ3n) is 3.76. The predicted octanol–water partition coefficient (Wildman–Crippen LogP) is 3.50. The van der Waals surface area contributed by atoms with Crippen molar-refractivity contribution in [3.8, 4) is 17.4 Å². The van der Waals surface area contributed by atoms with Gasteiger partial charge in [-0.25, -0.2) is 4.98 Å². The van der Waals surface area contributed by atoms with Crippen LogP contribution in [0.1, 0.15) is 10.5 Å². The molecule has 3 rings (SSSR count). The number of aromatic nitrogens is 2. The van der Waals surface area contributed by atoms with Gasteiger partial charge in [-0.2, -0.15) is 0 Å². The van der Waals surface area contributed by atoms with E-state index in [1.54, 1.807) is 44.7 Å². The molecule has 7 nitrogen and oxygen atoms in total. The number of carbonyl (C=O) groups is 1. The number of aromatic amines is 1. The molecule has 1 N–H and O–H groups in total. The number of nitrogens with zero attached hydrogens (tertiary/aromatic N) is 1. The van der Waals surface area contributed by atoms with Crippen molar-refractivity contribution in [1.82, 2.24) is 9.97 Å². The Hall–Kier alpha value is -2.55. The number of methoxy groups -OCH3 is 2. The highest BCUT2D eigenvalue weighted by Crippen LogP contribution is 2.34. The second-order valence-corrected chi connectivity index (χ2v) is 6.35. The van der Waals surface area contributed by atoms with Crippen LogP contribution in [0.25, 0.3) is 10.9 Å². The van der Waals surface area contributed by atoms with E-state index in [1.807, 2.05) is 6.07 Å². The topological polar surface area (TPSA) is 82.7 Å². The number of nitrogens with one attached hydrogen (secondary N) is 1. The number of hydrogen-bond donors (Lipinski definition) is 2. The van der Waals surface area contributed by atoms with Gasteiger partial charge in [0.25, 0.3) is 0 Å². The zero-order valence-electron chi connectivity index (χ0n) is 15.0. The number of benzene rings is 1. The van der Waals surface area contributed by atoms with Crippen molar-refractivity contribution in [3.05, 3.63) is 42.2 Å². The van der Waals surface area contributed by atoms with Crippen LogP contribution < -0.4 is 9.47 Å². The summed E-state index contributed by atoms with van der Waals surface area (Å²) in [4.78, 5) is 19.1. The molecule has 1 aromatic carbocycles. The normalized spacial score (nSPS) is 11.1. The summed E-state index contributed by atoms with van der Waals surface area (Å²) in [5.41, 5.74) is 1.14. The fourth-order valence-electron chi connectivity index (χ4n) is 2.64. The van der Waals surface area contributed by atoms with Gasteiger partial charge in [-0.1, -0.05) is 0 Å². The second-order valence-electron chi connectivity index (χ2n) is 5.84. The summed E-state index contributed by atoms with van der Waals surface area (Å²) >= 11 is 4.21. The largest absolute Gasteiger partial charge is 0.483 e. The lowest BCUT2D eigenvalue weighted by molar-refractivity contribution is 0.0251. The Morgan fingerprint density at radius 3 is 2.59 bits per heavy atom. The van der Waals surface area contributed by atoms with Crippen molar-refractivity contribution < 1.29 is 23.7 Å². The highest BCUT2D eigenvalue weighted by atomic mass is 32.1. The quantitative estimate of drug-likeness (QED) is 0.431. The van der Waals surface area contributed by atoms with Crippen LogP contribution >= 0.6 is 12.6 Å². The maximum absolute atomic E-state index is 11.2. The van der Waals surface area contributed by atoms with Crippen LogP contribution in [0, 0.1) is 0 Å².